The first-order valence-electron chi connectivity index (χ1n) is 7.36. The van der Waals surface area contributed by atoms with Gasteiger partial charge in [0.1, 0.15) is 5.38 Å². The second kappa shape index (κ2) is 7.65. The molecule has 1 atom stereocenters. The van der Waals surface area contributed by atoms with Crippen molar-refractivity contribution in [2.75, 3.05) is 26.2 Å². The minimum atomic E-state index is -0.599. The summed E-state index contributed by atoms with van der Waals surface area (Å²) in [5.41, 5.74) is 0.846. The number of nitrogens with zero attached hydrogens (tertiary/aromatic N) is 1. The average Bonchev–Trinajstić information content (AvgIpc) is 2.49. The number of hydrogen-bond donors (Lipinski definition) is 1. The fraction of sp³-hybridized carbons (Fsp3) is 0.562. The molecule has 1 aromatic carbocycles. The molecule has 1 fully saturated rings. The number of piperidine rings is 1. The average molecular weight is 295 g/mol. The Balaban J connectivity index is 1.70. The molecule has 1 heterocycles. The summed E-state index contributed by atoms with van der Waals surface area (Å²) in [6.07, 6.45) is 2.52. The van der Waals surface area contributed by atoms with Crippen molar-refractivity contribution in [2.45, 2.75) is 25.1 Å². The highest BCUT2D eigenvalue weighted by Gasteiger charge is 2.18. The largest absolute Gasteiger partial charge is 0.353 e. The van der Waals surface area contributed by atoms with Crippen LogP contribution in [0.4, 0.5) is 0 Å². The predicted octanol–water partition coefficient (Wildman–Crippen LogP) is 2.81. The number of likely N-dealkylation sites (tertiary alicyclic amines) is 1. The Labute approximate surface area is 126 Å². The van der Waals surface area contributed by atoms with Crippen LogP contribution in [0.3, 0.4) is 0 Å². The summed E-state index contributed by atoms with van der Waals surface area (Å²) >= 11 is 6.17. The van der Waals surface area contributed by atoms with Crippen molar-refractivity contribution < 1.29 is 4.79 Å². The quantitative estimate of drug-likeness (QED) is 0.847. The zero-order chi connectivity index (χ0) is 14.4. The third kappa shape index (κ3) is 4.50. The molecule has 1 amide bonds. The van der Waals surface area contributed by atoms with Gasteiger partial charge in [-0.3, -0.25) is 4.79 Å². The zero-order valence-electron chi connectivity index (χ0n) is 12.0. The van der Waals surface area contributed by atoms with Gasteiger partial charge in [0.15, 0.2) is 0 Å². The highest BCUT2D eigenvalue weighted by Crippen LogP contribution is 2.20. The number of hydrogen-bond acceptors (Lipinski definition) is 2. The van der Waals surface area contributed by atoms with Gasteiger partial charge in [-0.05, 0) is 37.4 Å². The fourth-order valence-corrected chi connectivity index (χ4v) is 2.71. The summed E-state index contributed by atoms with van der Waals surface area (Å²) in [5, 5.41) is 2.33. The van der Waals surface area contributed by atoms with Crippen LogP contribution in [0.5, 0.6) is 0 Å². The van der Waals surface area contributed by atoms with E-state index in [9.17, 15) is 4.79 Å². The number of amides is 1. The highest BCUT2D eigenvalue weighted by atomic mass is 35.5. The molecule has 0 saturated carbocycles. The van der Waals surface area contributed by atoms with E-state index in [1.54, 1.807) is 0 Å². The van der Waals surface area contributed by atoms with Crippen molar-refractivity contribution >= 4 is 17.5 Å². The lowest BCUT2D eigenvalue weighted by Gasteiger charge is -2.30. The van der Waals surface area contributed by atoms with E-state index >= 15 is 0 Å². The molecule has 0 spiro atoms. The lowest BCUT2D eigenvalue weighted by atomic mass is 9.99. The minimum absolute atomic E-state index is 0.108. The molecule has 0 bridgehead atoms. The smallest absolute Gasteiger partial charge is 0.242 e. The van der Waals surface area contributed by atoms with Crippen LogP contribution in [-0.4, -0.2) is 37.0 Å². The molecule has 0 aromatic heterocycles. The zero-order valence-corrected chi connectivity index (χ0v) is 12.8. The van der Waals surface area contributed by atoms with E-state index < -0.39 is 5.38 Å². The molecule has 20 heavy (non-hydrogen) atoms. The van der Waals surface area contributed by atoms with Crippen LogP contribution in [0.1, 0.15) is 30.7 Å². The van der Waals surface area contributed by atoms with Crippen molar-refractivity contribution in [1.29, 1.82) is 0 Å². The summed E-state index contributed by atoms with van der Waals surface area (Å²) in [6, 6.07) is 9.47. The molecule has 1 aliphatic heterocycles. The number of nitrogens with one attached hydrogen (secondary N) is 1. The van der Waals surface area contributed by atoms with Crippen LogP contribution in [0.2, 0.25) is 0 Å². The van der Waals surface area contributed by atoms with Gasteiger partial charge in [-0.15, -0.1) is 11.6 Å². The van der Waals surface area contributed by atoms with Crippen molar-refractivity contribution in [3.05, 3.63) is 35.9 Å². The molecule has 3 nitrogen and oxygen atoms in total. The lowest BCUT2D eigenvalue weighted by Crippen LogP contribution is -2.39. The molecule has 2 rings (SSSR count). The van der Waals surface area contributed by atoms with Crippen LogP contribution in [0, 0.1) is 5.92 Å². The fourth-order valence-electron chi connectivity index (χ4n) is 2.49. The van der Waals surface area contributed by atoms with Crippen LogP contribution in [0.25, 0.3) is 0 Å². The number of halogens is 1. The van der Waals surface area contributed by atoms with Gasteiger partial charge in [0.2, 0.25) is 5.91 Å². The first-order chi connectivity index (χ1) is 9.66. The minimum Gasteiger partial charge on any atom is -0.353 e. The number of carbonyl (C=O) groups is 1. The molecular weight excluding hydrogens is 272 g/mol. The molecule has 1 unspecified atom stereocenters. The van der Waals surface area contributed by atoms with Crippen molar-refractivity contribution in [2.24, 2.45) is 5.92 Å². The maximum atomic E-state index is 12.0. The van der Waals surface area contributed by atoms with Gasteiger partial charge in [-0.2, -0.15) is 0 Å². The Morgan fingerprint density at radius 3 is 2.65 bits per heavy atom. The molecule has 110 valence electrons. The summed E-state index contributed by atoms with van der Waals surface area (Å²) in [5.74, 6) is 0.731. The maximum absolute atomic E-state index is 12.0. The van der Waals surface area contributed by atoms with Crippen molar-refractivity contribution in [3.63, 3.8) is 0 Å². The van der Waals surface area contributed by atoms with E-state index in [0.29, 0.717) is 6.54 Å². The van der Waals surface area contributed by atoms with Crippen LogP contribution < -0.4 is 5.32 Å². The molecule has 1 saturated heterocycles. The normalized spacial score (nSPS) is 18.7. The van der Waals surface area contributed by atoms with E-state index in [2.05, 4.69) is 17.1 Å². The number of alkyl halides is 1. The van der Waals surface area contributed by atoms with Gasteiger partial charge in [-0.25, -0.2) is 0 Å². The Hall–Kier alpha value is -1.06. The number of carbonyl (C=O) groups excluding carboxylic acids is 1. The van der Waals surface area contributed by atoms with E-state index in [1.165, 1.54) is 12.8 Å². The van der Waals surface area contributed by atoms with Gasteiger partial charge >= 0.3 is 0 Å². The molecule has 0 radical (unpaired) electrons. The van der Waals surface area contributed by atoms with Gasteiger partial charge in [0.05, 0.1) is 0 Å². The Bertz CT molecular complexity index is 416. The molecule has 1 aliphatic rings. The van der Waals surface area contributed by atoms with E-state index in [0.717, 1.165) is 31.1 Å². The molecule has 4 heteroatoms. The van der Waals surface area contributed by atoms with Crippen LogP contribution in [-0.2, 0) is 4.79 Å². The Morgan fingerprint density at radius 2 is 2.00 bits per heavy atom. The van der Waals surface area contributed by atoms with Crippen molar-refractivity contribution in [1.82, 2.24) is 10.2 Å². The Kier molecular flexibility index (Phi) is 5.86. The molecule has 1 aromatic rings. The van der Waals surface area contributed by atoms with Gasteiger partial charge in [-0.1, -0.05) is 37.3 Å². The summed E-state index contributed by atoms with van der Waals surface area (Å²) < 4.78 is 0. The topological polar surface area (TPSA) is 32.3 Å². The number of rotatable bonds is 5. The van der Waals surface area contributed by atoms with E-state index in [4.69, 9.17) is 11.6 Å². The lowest BCUT2D eigenvalue weighted by molar-refractivity contribution is -0.120. The van der Waals surface area contributed by atoms with Gasteiger partial charge in [0, 0.05) is 13.1 Å². The summed E-state index contributed by atoms with van der Waals surface area (Å²) in [4.78, 5) is 14.4. The third-order valence-corrected chi connectivity index (χ3v) is 4.38. The third-order valence-electron chi connectivity index (χ3n) is 3.93. The van der Waals surface area contributed by atoms with Crippen LogP contribution in [0.15, 0.2) is 30.3 Å². The second-order valence-corrected chi connectivity index (χ2v) is 6.02. The molecular formula is C16H23ClN2O. The molecule has 0 aliphatic carbocycles. The first-order valence-corrected chi connectivity index (χ1v) is 7.79. The predicted molar refractivity (Wildman–Crippen MR) is 82.9 cm³/mol. The van der Waals surface area contributed by atoms with Crippen molar-refractivity contribution in [3.8, 4) is 0 Å². The van der Waals surface area contributed by atoms with Crippen LogP contribution >= 0.6 is 11.6 Å². The first kappa shape index (κ1) is 15.3. The van der Waals surface area contributed by atoms with Gasteiger partial charge < -0.3 is 10.2 Å². The maximum Gasteiger partial charge on any atom is 0.242 e. The highest BCUT2D eigenvalue weighted by molar-refractivity contribution is 6.30. The second-order valence-electron chi connectivity index (χ2n) is 5.59. The Morgan fingerprint density at radius 1 is 1.35 bits per heavy atom. The standard InChI is InChI=1S/C16H23ClN2O/c1-13-7-10-19(11-8-13)12-9-18-16(20)15(17)14-5-3-2-4-6-14/h2-6,13,15H,7-12H2,1H3,(H,18,20). The summed E-state index contributed by atoms with van der Waals surface area (Å²) in [6.45, 7) is 6.16. The van der Waals surface area contributed by atoms with Gasteiger partial charge in [0.25, 0.3) is 0 Å². The monoisotopic (exact) mass is 294 g/mol. The van der Waals surface area contributed by atoms with E-state index in [-0.39, 0.29) is 5.91 Å². The molecule has 1 N–H and O–H groups in total. The SMILES string of the molecule is CC1CCN(CCNC(=O)C(Cl)c2ccccc2)CC1. The number of benzene rings is 1. The van der Waals surface area contributed by atoms with E-state index in [1.807, 2.05) is 30.3 Å². The summed E-state index contributed by atoms with van der Waals surface area (Å²) in [7, 11) is 0.